The minimum Gasteiger partial charge on any atom is -0.387 e. The lowest BCUT2D eigenvalue weighted by molar-refractivity contribution is 0.0831. The molecular formula is C19H22FN3O2. The first-order chi connectivity index (χ1) is 12.1. The molecule has 1 aliphatic heterocycles. The topological polar surface area (TPSA) is 55.8 Å². The number of β-amino-alcohol motifs (C(OH)–C–C–N with tert-alkyl or cyclic N) is 1. The molecule has 1 aliphatic rings. The number of carbonyl (C=O) groups is 1. The van der Waals surface area contributed by atoms with Crippen LogP contribution in [0.5, 0.6) is 0 Å². The first kappa shape index (κ1) is 17.4. The molecule has 1 saturated heterocycles. The number of aliphatic hydroxyl groups is 1. The van der Waals surface area contributed by atoms with Gasteiger partial charge in [0.25, 0.3) is 0 Å². The summed E-state index contributed by atoms with van der Waals surface area (Å²) in [6, 6.07) is 15.4. The second-order valence-corrected chi connectivity index (χ2v) is 6.12. The van der Waals surface area contributed by atoms with E-state index in [1.165, 1.54) is 6.07 Å². The summed E-state index contributed by atoms with van der Waals surface area (Å²) in [7, 11) is 0. The quantitative estimate of drug-likeness (QED) is 0.897. The number of nitrogens with zero attached hydrogens (tertiary/aromatic N) is 2. The number of aliphatic hydroxyl groups excluding tert-OH is 1. The number of carbonyl (C=O) groups excluding carboxylic acids is 1. The molecule has 0 bridgehead atoms. The average molecular weight is 343 g/mol. The van der Waals surface area contributed by atoms with Crippen molar-refractivity contribution in [3.63, 3.8) is 0 Å². The van der Waals surface area contributed by atoms with E-state index in [-0.39, 0.29) is 11.7 Å². The normalized spacial score (nSPS) is 16.5. The third kappa shape index (κ3) is 4.55. The Bertz CT molecular complexity index is 703. The molecule has 0 radical (unpaired) electrons. The van der Waals surface area contributed by atoms with Crippen LogP contribution in [0.3, 0.4) is 0 Å². The van der Waals surface area contributed by atoms with Gasteiger partial charge in [0, 0.05) is 32.7 Å². The third-order valence-corrected chi connectivity index (χ3v) is 4.39. The van der Waals surface area contributed by atoms with E-state index in [0.29, 0.717) is 32.7 Å². The molecule has 0 spiro atoms. The Labute approximate surface area is 146 Å². The van der Waals surface area contributed by atoms with Crippen molar-refractivity contribution >= 4 is 11.7 Å². The number of hydrogen-bond donors (Lipinski definition) is 2. The molecule has 1 unspecified atom stereocenters. The standard InChI is InChI=1S/C19H22FN3O2/c20-16-8-4-5-9-17(16)21-19(25)23-12-10-22(11-13-23)14-18(24)15-6-2-1-3-7-15/h1-9,18,24H,10-14H2,(H,21,25). The van der Waals surface area contributed by atoms with Crippen LogP contribution < -0.4 is 5.32 Å². The maximum absolute atomic E-state index is 13.6. The Morgan fingerprint density at radius 2 is 1.68 bits per heavy atom. The van der Waals surface area contributed by atoms with Gasteiger partial charge in [0.05, 0.1) is 11.8 Å². The van der Waals surface area contributed by atoms with Gasteiger partial charge in [0.2, 0.25) is 0 Å². The number of amides is 2. The van der Waals surface area contributed by atoms with Gasteiger partial charge in [-0.15, -0.1) is 0 Å². The highest BCUT2D eigenvalue weighted by molar-refractivity contribution is 5.89. The van der Waals surface area contributed by atoms with Gasteiger partial charge in [0.1, 0.15) is 5.82 Å². The summed E-state index contributed by atoms with van der Waals surface area (Å²) in [4.78, 5) is 16.0. The monoisotopic (exact) mass is 343 g/mol. The Balaban J connectivity index is 1.48. The highest BCUT2D eigenvalue weighted by Crippen LogP contribution is 2.16. The molecule has 1 fully saturated rings. The number of nitrogens with one attached hydrogen (secondary N) is 1. The van der Waals surface area contributed by atoms with E-state index < -0.39 is 11.9 Å². The summed E-state index contributed by atoms with van der Waals surface area (Å²) in [5.74, 6) is -0.444. The number of anilines is 1. The first-order valence-electron chi connectivity index (χ1n) is 8.39. The molecular weight excluding hydrogens is 321 g/mol. The minimum absolute atomic E-state index is 0.189. The van der Waals surface area contributed by atoms with Gasteiger partial charge >= 0.3 is 6.03 Å². The lowest BCUT2D eigenvalue weighted by atomic mass is 10.1. The maximum atomic E-state index is 13.6. The van der Waals surface area contributed by atoms with Crippen LogP contribution in [0.4, 0.5) is 14.9 Å². The zero-order valence-electron chi connectivity index (χ0n) is 13.9. The van der Waals surface area contributed by atoms with E-state index in [9.17, 15) is 14.3 Å². The Morgan fingerprint density at radius 1 is 1.04 bits per heavy atom. The van der Waals surface area contributed by atoms with Crippen LogP contribution in [0.1, 0.15) is 11.7 Å². The van der Waals surface area contributed by atoms with Crippen LogP contribution in [-0.4, -0.2) is 53.7 Å². The molecule has 5 nitrogen and oxygen atoms in total. The number of benzene rings is 2. The van der Waals surface area contributed by atoms with Gasteiger partial charge in [-0.2, -0.15) is 0 Å². The number of halogens is 1. The lowest BCUT2D eigenvalue weighted by Crippen LogP contribution is -2.50. The maximum Gasteiger partial charge on any atom is 0.322 e. The predicted molar refractivity (Wildman–Crippen MR) is 94.8 cm³/mol. The van der Waals surface area contributed by atoms with Crippen molar-refractivity contribution in [2.45, 2.75) is 6.10 Å². The van der Waals surface area contributed by atoms with Gasteiger partial charge < -0.3 is 15.3 Å². The first-order valence-corrected chi connectivity index (χ1v) is 8.39. The summed E-state index contributed by atoms with van der Waals surface area (Å²) in [6.07, 6.45) is -0.542. The molecule has 1 atom stereocenters. The molecule has 0 aromatic heterocycles. The molecule has 2 amide bonds. The van der Waals surface area contributed by atoms with Gasteiger partial charge in [-0.3, -0.25) is 4.90 Å². The van der Waals surface area contributed by atoms with Crippen molar-refractivity contribution in [2.75, 3.05) is 38.0 Å². The summed E-state index contributed by atoms with van der Waals surface area (Å²) in [5, 5.41) is 12.9. The Hall–Kier alpha value is -2.44. The van der Waals surface area contributed by atoms with Crippen molar-refractivity contribution in [3.05, 3.63) is 66.0 Å². The zero-order chi connectivity index (χ0) is 17.6. The van der Waals surface area contributed by atoms with Crippen molar-refractivity contribution in [3.8, 4) is 0 Å². The molecule has 2 aromatic rings. The zero-order valence-corrected chi connectivity index (χ0v) is 13.9. The molecule has 2 aromatic carbocycles. The third-order valence-electron chi connectivity index (χ3n) is 4.39. The van der Waals surface area contributed by atoms with Gasteiger partial charge in [-0.25, -0.2) is 9.18 Å². The number of rotatable bonds is 4. The Morgan fingerprint density at radius 3 is 2.36 bits per heavy atom. The molecule has 25 heavy (non-hydrogen) atoms. The van der Waals surface area contributed by atoms with E-state index in [0.717, 1.165) is 5.56 Å². The summed E-state index contributed by atoms with van der Waals surface area (Å²) in [5.41, 5.74) is 1.08. The average Bonchev–Trinajstić information content (AvgIpc) is 2.65. The van der Waals surface area contributed by atoms with Crippen LogP contribution in [0.25, 0.3) is 0 Å². The van der Waals surface area contributed by atoms with E-state index >= 15 is 0 Å². The summed E-state index contributed by atoms with van der Waals surface area (Å²) < 4.78 is 13.6. The van der Waals surface area contributed by atoms with Crippen molar-refractivity contribution < 1.29 is 14.3 Å². The molecule has 0 saturated carbocycles. The smallest absolute Gasteiger partial charge is 0.322 e. The number of hydrogen-bond acceptors (Lipinski definition) is 3. The molecule has 2 N–H and O–H groups in total. The van der Waals surface area contributed by atoms with E-state index in [1.54, 1.807) is 23.1 Å². The molecule has 1 heterocycles. The van der Waals surface area contributed by atoms with Gasteiger partial charge in [-0.05, 0) is 17.7 Å². The minimum atomic E-state index is -0.542. The van der Waals surface area contributed by atoms with Crippen LogP contribution in [-0.2, 0) is 0 Å². The van der Waals surface area contributed by atoms with Gasteiger partial charge in [-0.1, -0.05) is 42.5 Å². The summed E-state index contributed by atoms with van der Waals surface area (Å²) >= 11 is 0. The van der Waals surface area contributed by atoms with Gasteiger partial charge in [0.15, 0.2) is 0 Å². The fourth-order valence-electron chi connectivity index (χ4n) is 2.92. The van der Waals surface area contributed by atoms with Crippen LogP contribution in [0.2, 0.25) is 0 Å². The van der Waals surface area contributed by atoms with Crippen LogP contribution in [0.15, 0.2) is 54.6 Å². The van der Waals surface area contributed by atoms with E-state index in [4.69, 9.17) is 0 Å². The van der Waals surface area contributed by atoms with Crippen molar-refractivity contribution in [1.29, 1.82) is 0 Å². The van der Waals surface area contributed by atoms with Crippen LogP contribution >= 0.6 is 0 Å². The van der Waals surface area contributed by atoms with E-state index in [2.05, 4.69) is 10.2 Å². The van der Waals surface area contributed by atoms with Crippen molar-refractivity contribution in [2.24, 2.45) is 0 Å². The largest absolute Gasteiger partial charge is 0.387 e. The van der Waals surface area contributed by atoms with E-state index in [1.807, 2.05) is 30.3 Å². The summed E-state index contributed by atoms with van der Waals surface area (Å²) in [6.45, 7) is 2.97. The lowest BCUT2D eigenvalue weighted by Gasteiger charge is -2.35. The van der Waals surface area contributed by atoms with Crippen molar-refractivity contribution in [1.82, 2.24) is 9.80 Å². The molecule has 132 valence electrons. The van der Waals surface area contributed by atoms with Crippen LogP contribution in [0, 0.1) is 5.82 Å². The molecule has 3 rings (SSSR count). The SMILES string of the molecule is O=C(Nc1ccccc1F)N1CCN(CC(O)c2ccccc2)CC1. The highest BCUT2D eigenvalue weighted by Gasteiger charge is 2.23. The Kier molecular flexibility index (Phi) is 5.63. The second kappa shape index (κ2) is 8.09. The number of para-hydroxylation sites is 1. The molecule has 0 aliphatic carbocycles. The highest BCUT2D eigenvalue weighted by atomic mass is 19.1. The fraction of sp³-hybridized carbons (Fsp3) is 0.316. The molecule has 6 heteroatoms. The number of urea groups is 1. The predicted octanol–water partition coefficient (Wildman–Crippen LogP) is 2.71. The second-order valence-electron chi connectivity index (χ2n) is 6.12. The fourth-order valence-corrected chi connectivity index (χ4v) is 2.92. The number of piperazine rings is 1.